The summed E-state index contributed by atoms with van der Waals surface area (Å²) in [5.41, 5.74) is 2.11. The lowest BCUT2D eigenvalue weighted by Crippen LogP contribution is -2.45. The van der Waals surface area contributed by atoms with Crippen LogP contribution in [0, 0.1) is 0 Å². The summed E-state index contributed by atoms with van der Waals surface area (Å²) in [5, 5.41) is 11.2. The molecule has 1 heterocycles. The number of hydrogen-bond acceptors (Lipinski definition) is 3. The van der Waals surface area contributed by atoms with Crippen LogP contribution in [-0.4, -0.2) is 36.5 Å². The number of benzene rings is 1. The standard InChI is InChI=1S/C15H22N2O3/c1-10-8-17(9-11(2)20-10)14-6-4-13(5-7-14)12(3)16-15(18)19/h4-7,10-12,16H,8-9H2,1-3H3,(H,18,19)/t10-,11+,12-/m1/s1. The highest BCUT2D eigenvalue weighted by atomic mass is 16.5. The molecule has 3 atom stereocenters. The van der Waals surface area contributed by atoms with Gasteiger partial charge in [-0.05, 0) is 38.5 Å². The molecule has 0 unspecified atom stereocenters. The molecule has 1 aliphatic heterocycles. The first-order valence-electron chi connectivity index (χ1n) is 6.95. The molecule has 2 rings (SSSR count). The van der Waals surface area contributed by atoms with Crippen molar-refractivity contribution < 1.29 is 14.6 Å². The highest BCUT2D eigenvalue weighted by Gasteiger charge is 2.22. The number of ether oxygens (including phenoxy) is 1. The fourth-order valence-electron chi connectivity index (χ4n) is 2.63. The fraction of sp³-hybridized carbons (Fsp3) is 0.533. The van der Waals surface area contributed by atoms with Crippen LogP contribution >= 0.6 is 0 Å². The Morgan fingerprint density at radius 3 is 2.35 bits per heavy atom. The maximum absolute atomic E-state index is 10.6. The number of nitrogens with zero attached hydrogens (tertiary/aromatic N) is 1. The zero-order valence-corrected chi connectivity index (χ0v) is 12.2. The highest BCUT2D eigenvalue weighted by Crippen LogP contribution is 2.22. The molecule has 0 aromatic heterocycles. The Bertz CT molecular complexity index is 451. The van der Waals surface area contributed by atoms with Gasteiger partial charge in [0.1, 0.15) is 0 Å². The number of anilines is 1. The van der Waals surface area contributed by atoms with Crippen molar-refractivity contribution in [3.8, 4) is 0 Å². The monoisotopic (exact) mass is 278 g/mol. The van der Waals surface area contributed by atoms with E-state index in [1.807, 2.05) is 31.2 Å². The molecule has 0 bridgehead atoms. The lowest BCUT2D eigenvalue weighted by atomic mass is 10.1. The van der Waals surface area contributed by atoms with Crippen molar-refractivity contribution >= 4 is 11.8 Å². The van der Waals surface area contributed by atoms with Gasteiger partial charge in [-0.1, -0.05) is 12.1 Å². The fourth-order valence-corrected chi connectivity index (χ4v) is 2.63. The SMILES string of the molecule is C[C@@H]1CN(c2ccc([C@@H](C)NC(=O)O)cc2)C[C@H](C)O1. The zero-order valence-electron chi connectivity index (χ0n) is 12.2. The molecule has 1 amide bonds. The van der Waals surface area contributed by atoms with Crippen LogP contribution in [0.4, 0.5) is 10.5 Å². The predicted molar refractivity (Wildman–Crippen MR) is 78.2 cm³/mol. The molecule has 0 radical (unpaired) electrons. The van der Waals surface area contributed by atoms with E-state index >= 15 is 0 Å². The molecule has 1 aromatic rings. The molecule has 0 spiro atoms. The minimum absolute atomic E-state index is 0.205. The summed E-state index contributed by atoms with van der Waals surface area (Å²) in [6.45, 7) is 7.76. The molecule has 5 nitrogen and oxygen atoms in total. The summed E-state index contributed by atoms with van der Waals surface area (Å²) in [7, 11) is 0. The van der Waals surface area contributed by atoms with E-state index < -0.39 is 6.09 Å². The number of rotatable bonds is 3. The van der Waals surface area contributed by atoms with Crippen LogP contribution < -0.4 is 10.2 Å². The summed E-state index contributed by atoms with van der Waals surface area (Å²) >= 11 is 0. The van der Waals surface area contributed by atoms with E-state index in [0.717, 1.165) is 24.3 Å². The summed E-state index contributed by atoms with van der Waals surface area (Å²) in [6, 6.07) is 7.82. The topological polar surface area (TPSA) is 61.8 Å². The van der Waals surface area contributed by atoms with Gasteiger partial charge in [0, 0.05) is 18.8 Å². The van der Waals surface area contributed by atoms with Gasteiger partial charge in [-0.3, -0.25) is 0 Å². The predicted octanol–water partition coefficient (Wildman–Crippen LogP) is 2.63. The summed E-state index contributed by atoms with van der Waals surface area (Å²) in [6.07, 6.45) is -0.547. The molecule has 1 aromatic carbocycles. The van der Waals surface area contributed by atoms with E-state index in [9.17, 15) is 4.79 Å². The molecular weight excluding hydrogens is 256 g/mol. The smallest absolute Gasteiger partial charge is 0.405 e. The number of nitrogens with one attached hydrogen (secondary N) is 1. The quantitative estimate of drug-likeness (QED) is 0.892. The first-order valence-corrected chi connectivity index (χ1v) is 6.95. The molecule has 0 aliphatic carbocycles. The van der Waals surface area contributed by atoms with Crippen molar-refractivity contribution in [1.82, 2.24) is 5.32 Å². The normalized spacial score (nSPS) is 24.2. The molecule has 1 saturated heterocycles. The highest BCUT2D eigenvalue weighted by molar-refractivity contribution is 5.65. The summed E-state index contributed by atoms with van der Waals surface area (Å²) in [4.78, 5) is 12.9. The van der Waals surface area contributed by atoms with E-state index in [-0.39, 0.29) is 18.2 Å². The second-order valence-corrected chi connectivity index (χ2v) is 5.43. The van der Waals surface area contributed by atoms with Crippen LogP contribution in [0.5, 0.6) is 0 Å². The second kappa shape index (κ2) is 6.13. The molecule has 5 heteroatoms. The lowest BCUT2D eigenvalue weighted by Gasteiger charge is -2.37. The van der Waals surface area contributed by atoms with Gasteiger partial charge < -0.3 is 20.1 Å². The third-order valence-electron chi connectivity index (χ3n) is 3.52. The van der Waals surface area contributed by atoms with Crippen molar-refractivity contribution in [3.05, 3.63) is 29.8 Å². The van der Waals surface area contributed by atoms with Gasteiger partial charge in [-0.25, -0.2) is 4.79 Å². The van der Waals surface area contributed by atoms with E-state index in [1.165, 1.54) is 0 Å². The molecule has 2 N–H and O–H groups in total. The number of carboxylic acid groups (broad SMARTS) is 1. The van der Waals surface area contributed by atoms with Crippen LogP contribution in [-0.2, 0) is 4.74 Å². The Balaban J connectivity index is 2.06. The molecule has 1 aliphatic rings. The number of carbonyl (C=O) groups is 1. The Labute approximate surface area is 119 Å². The van der Waals surface area contributed by atoms with Gasteiger partial charge in [0.05, 0.1) is 18.2 Å². The van der Waals surface area contributed by atoms with E-state index in [0.29, 0.717) is 0 Å². The van der Waals surface area contributed by atoms with Crippen LogP contribution in [0.1, 0.15) is 32.4 Å². The van der Waals surface area contributed by atoms with Gasteiger partial charge in [0.25, 0.3) is 0 Å². The molecular formula is C15H22N2O3. The second-order valence-electron chi connectivity index (χ2n) is 5.43. The van der Waals surface area contributed by atoms with E-state index in [1.54, 1.807) is 0 Å². The maximum atomic E-state index is 10.6. The van der Waals surface area contributed by atoms with Crippen molar-refractivity contribution in [1.29, 1.82) is 0 Å². The van der Waals surface area contributed by atoms with Crippen LogP contribution in [0.15, 0.2) is 24.3 Å². The summed E-state index contributed by atoms with van der Waals surface area (Å²) < 4.78 is 5.73. The third-order valence-corrected chi connectivity index (χ3v) is 3.52. The zero-order chi connectivity index (χ0) is 14.7. The first kappa shape index (κ1) is 14.7. The van der Waals surface area contributed by atoms with Gasteiger partial charge >= 0.3 is 6.09 Å². The average molecular weight is 278 g/mol. The molecule has 20 heavy (non-hydrogen) atoms. The first-order chi connectivity index (χ1) is 9.45. The van der Waals surface area contributed by atoms with Gasteiger partial charge in [0.15, 0.2) is 0 Å². The molecule has 110 valence electrons. The Hall–Kier alpha value is -1.75. The minimum atomic E-state index is -1.00. The minimum Gasteiger partial charge on any atom is -0.465 e. The molecule has 0 saturated carbocycles. The number of amides is 1. The van der Waals surface area contributed by atoms with Gasteiger partial charge in [-0.15, -0.1) is 0 Å². The average Bonchev–Trinajstić information content (AvgIpc) is 2.37. The van der Waals surface area contributed by atoms with Crippen molar-refractivity contribution in [2.75, 3.05) is 18.0 Å². The van der Waals surface area contributed by atoms with Crippen LogP contribution in [0.3, 0.4) is 0 Å². The Morgan fingerprint density at radius 1 is 1.30 bits per heavy atom. The molecule has 1 fully saturated rings. The number of hydrogen-bond donors (Lipinski definition) is 2. The van der Waals surface area contributed by atoms with Gasteiger partial charge in [0.2, 0.25) is 0 Å². The summed E-state index contributed by atoms with van der Waals surface area (Å²) in [5.74, 6) is 0. The van der Waals surface area contributed by atoms with Crippen molar-refractivity contribution in [3.63, 3.8) is 0 Å². The van der Waals surface area contributed by atoms with Crippen LogP contribution in [0.2, 0.25) is 0 Å². The van der Waals surface area contributed by atoms with E-state index in [4.69, 9.17) is 9.84 Å². The number of morpholine rings is 1. The van der Waals surface area contributed by atoms with Crippen molar-refractivity contribution in [2.24, 2.45) is 0 Å². The Kier molecular flexibility index (Phi) is 4.49. The third kappa shape index (κ3) is 3.63. The Morgan fingerprint density at radius 2 is 1.85 bits per heavy atom. The maximum Gasteiger partial charge on any atom is 0.405 e. The largest absolute Gasteiger partial charge is 0.465 e. The van der Waals surface area contributed by atoms with Gasteiger partial charge in [-0.2, -0.15) is 0 Å². The van der Waals surface area contributed by atoms with E-state index in [2.05, 4.69) is 24.1 Å². The lowest BCUT2D eigenvalue weighted by molar-refractivity contribution is -0.00521. The van der Waals surface area contributed by atoms with Crippen molar-refractivity contribution in [2.45, 2.75) is 39.0 Å². The van der Waals surface area contributed by atoms with Crippen LogP contribution in [0.25, 0.3) is 0 Å².